The number of nitrogens with zero attached hydrogens (tertiary/aromatic N) is 2. The first-order chi connectivity index (χ1) is 9.69. The SMILES string of the molecule is CCC1COC(C)CN1C(CN)c1ccc(OC)nc1. The lowest BCUT2D eigenvalue weighted by Gasteiger charge is -2.42. The number of hydrogen-bond acceptors (Lipinski definition) is 5. The van der Waals surface area contributed by atoms with Crippen LogP contribution in [0.15, 0.2) is 18.3 Å². The summed E-state index contributed by atoms with van der Waals surface area (Å²) in [7, 11) is 1.62. The van der Waals surface area contributed by atoms with Crippen LogP contribution < -0.4 is 10.5 Å². The van der Waals surface area contributed by atoms with E-state index in [2.05, 4.69) is 29.8 Å². The number of nitrogens with two attached hydrogens (primary N) is 1. The third kappa shape index (κ3) is 3.29. The predicted molar refractivity (Wildman–Crippen MR) is 78.8 cm³/mol. The minimum Gasteiger partial charge on any atom is -0.481 e. The van der Waals surface area contributed by atoms with Gasteiger partial charge in [-0.05, 0) is 18.9 Å². The van der Waals surface area contributed by atoms with Gasteiger partial charge in [0.15, 0.2) is 0 Å². The summed E-state index contributed by atoms with van der Waals surface area (Å²) in [6.45, 7) is 6.57. The molecule has 5 heteroatoms. The van der Waals surface area contributed by atoms with Gasteiger partial charge in [-0.1, -0.05) is 13.0 Å². The molecule has 3 unspecified atom stereocenters. The first kappa shape index (κ1) is 15.2. The van der Waals surface area contributed by atoms with Crippen molar-refractivity contribution >= 4 is 0 Å². The highest BCUT2D eigenvalue weighted by atomic mass is 16.5. The topological polar surface area (TPSA) is 60.6 Å². The number of pyridine rings is 1. The van der Waals surface area contributed by atoms with E-state index in [1.54, 1.807) is 7.11 Å². The maximum absolute atomic E-state index is 6.03. The second-order valence-corrected chi connectivity index (χ2v) is 5.29. The van der Waals surface area contributed by atoms with Crippen LogP contribution in [0.2, 0.25) is 0 Å². The van der Waals surface area contributed by atoms with Crippen molar-refractivity contribution in [3.8, 4) is 5.88 Å². The Morgan fingerprint density at radius 3 is 2.90 bits per heavy atom. The van der Waals surface area contributed by atoms with Crippen LogP contribution in [0.1, 0.15) is 31.9 Å². The number of ether oxygens (including phenoxy) is 2. The lowest BCUT2D eigenvalue weighted by molar-refractivity contribution is -0.0719. The summed E-state index contributed by atoms with van der Waals surface area (Å²) in [6, 6.07) is 4.55. The molecule has 0 aromatic carbocycles. The summed E-state index contributed by atoms with van der Waals surface area (Å²) in [5, 5.41) is 0. The van der Waals surface area contributed by atoms with Crippen LogP contribution >= 0.6 is 0 Å². The van der Waals surface area contributed by atoms with Crippen molar-refractivity contribution in [2.75, 3.05) is 26.8 Å². The number of hydrogen-bond donors (Lipinski definition) is 1. The zero-order valence-electron chi connectivity index (χ0n) is 12.6. The van der Waals surface area contributed by atoms with Crippen LogP contribution in [-0.4, -0.2) is 48.8 Å². The Bertz CT molecular complexity index is 410. The molecular weight excluding hydrogens is 254 g/mol. The summed E-state index contributed by atoms with van der Waals surface area (Å²) in [4.78, 5) is 6.75. The third-order valence-corrected chi connectivity index (χ3v) is 3.96. The molecule has 2 heterocycles. The van der Waals surface area contributed by atoms with Gasteiger partial charge in [0.1, 0.15) is 0 Å². The first-order valence-electron chi connectivity index (χ1n) is 7.26. The van der Waals surface area contributed by atoms with E-state index in [9.17, 15) is 0 Å². The summed E-state index contributed by atoms with van der Waals surface area (Å²) >= 11 is 0. The summed E-state index contributed by atoms with van der Waals surface area (Å²) < 4.78 is 10.9. The molecule has 0 saturated carbocycles. The molecule has 5 nitrogen and oxygen atoms in total. The van der Waals surface area contributed by atoms with Crippen molar-refractivity contribution in [1.82, 2.24) is 9.88 Å². The Morgan fingerprint density at radius 2 is 2.35 bits per heavy atom. The molecule has 1 aliphatic rings. The zero-order chi connectivity index (χ0) is 14.5. The highest BCUT2D eigenvalue weighted by Crippen LogP contribution is 2.27. The van der Waals surface area contributed by atoms with E-state index in [1.165, 1.54) is 0 Å². The normalized spacial score (nSPS) is 25.4. The van der Waals surface area contributed by atoms with Crippen LogP contribution in [-0.2, 0) is 4.74 Å². The monoisotopic (exact) mass is 279 g/mol. The molecule has 20 heavy (non-hydrogen) atoms. The standard InChI is InChI=1S/C15H25N3O2/c1-4-13-10-20-11(2)9-18(13)14(7-16)12-5-6-15(19-3)17-8-12/h5-6,8,11,13-14H,4,7,9-10,16H2,1-3H3. The van der Waals surface area contributed by atoms with E-state index in [0.29, 0.717) is 18.5 Å². The smallest absolute Gasteiger partial charge is 0.212 e. The Labute approximate surface area is 121 Å². The minimum atomic E-state index is 0.185. The van der Waals surface area contributed by atoms with E-state index in [4.69, 9.17) is 15.2 Å². The zero-order valence-corrected chi connectivity index (χ0v) is 12.6. The fourth-order valence-electron chi connectivity index (χ4n) is 2.78. The predicted octanol–water partition coefficient (Wildman–Crippen LogP) is 1.59. The molecule has 0 spiro atoms. The molecule has 0 amide bonds. The molecule has 1 aliphatic heterocycles. The van der Waals surface area contributed by atoms with Gasteiger partial charge in [0.05, 0.1) is 19.8 Å². The van der Waals surface area contributed by atoms with E-state index < -0.39 is 0 Å². The molecule has 3 atom stereocenters. The summed E-state index contributed by atoms with van der Waals surface area (Å²) in [6.07, 6.45) is 3.17. The number of aromatic nitrogens is 1. The molecule has 1 aromatic heterocycles. The van der Waals surface area contributed by atoms with Gasteiger partial charge in [0.2, 0.25) is 5.88 Å². The Hall–Kier alpha value is -1.17. The molecule has 1 fully saturated rings. The van der Waals surface area contributed by atoms with Crippen LogP contribution in [0.3, 0.4) is 0 Å². The Balaban J connectivity index is 2.19. The number of methoxy groups -OCH3 is 1. The molecule has 0 bridgehead atoms. The average molecular weight is 279 g/mol. The van der Waals surface area contributed by atoms with Crippen molar-refractivity contribution in [1.29, 1.82) is 0 Å². The number of morpholine rings is 1. The third-order valence-electron chi connectivity index (χ3n) is 3.96. The molecule has 112 valence electrons. The van der Waals surface area contributed by atoms with Gasteiger partial charge in [-0.2, -0.15) is 0 Å². The van der Waals surface area contributed by atoms with Crippen molar-refractivity contribution in [3.63, 3.8) is 0 Å². The molecule has 1 saturated heterocycles. The van der Waals surface area contributed by atoms with Gasteiger partial charge in [-0.25, -0.2) is 4.98 Å². The second-order valence-electron chi connectivity index (χ2n) is 5.29. The van der Waals surface area contributed by atoms with Crippen molar-refractivity contribution in [2.45, 2.75) is 38.5 Å². The van der Waals surface area contributed by atoms with Crippen molar-refractivity contribution < 1.29 is 9.47 Å². The lowest BCUT2D eigenvalue weighted by Crippen LogP contribution is -2.51. The Morgan fingerprint density at radius 1 is 1.55 bits per heavy atom. The quantitative estimate of drug-likeness (QED) is 0.887. The summed E-state index contributed by atoms with van der Waals surface area (Å²) in [5.74, 6) is 0.631. The Kier molecular flexibility index (Phi) is 5.34. The van der Waals surface area contributed by atoms with Crippen LogP contribution in [0.25, 0.3) is 0 Å². The maximum Gasteiger partial charge on any atom is 0.212 e. The van der Waals surface area contributed by atoms with Crippen molar-refractivity contribution in [2.24, 2.45) is 5.73 Å². The first-order valence-corrected chi connectivity index (χ1v) is 7.26. The van der Waals surface area contributed by atoms with Crippen molar-refractivity contribution in [3.05, 3.63) is 23.9 Å². The molecule has 0 radical (unpaired) electrons. The highest BCUT2D eigenvalue weighted by molar-refractivity contribution is 5.21. The van der Waals surface area contributed by atoms with E-state index in [1.807, 2.05) is 12.3 Å². The van der Waals surface area contributed by atoms with Gasteiger partial charge in [0, 0.05) is 37.4 Å². The van der Waals surface area contributed by atoms with Gasteiger partial charge in [-0.3, -0.25) is 4.90 Å². The van der Waals surface area contributed by atoms with Gasteiger partial charge in [-0.15, -0.1) is 0 Å². The van der Waals surface area contributed by atoms with Crippen LogP contribution in [0, 0.1) is 0 Å². The summed E-state index contributed by atoms with van der Waals surface area (Å²) in [5.41, 5.74) is 7.17. The largest absolute Gasteiger partial charge is 0.481 e. The molecular formula is C15H25N3O2. The van der Waals surface area contributed by atoms with Gasteiger partial charge in [0.25, 0.3) is 0 Å². The average Bonchev–Trinajstić information content (AvgIpc) is 2.49. The fraction of sp³-hybridized carbons (Fsp3) is 0.667. The molecule has 0 aliphatic carbocycles. The highest BCUT2D eigenvalue weighted by Gasteiger charge is 2.31. The second kappa shape index (κ2) is 7.02. The molecule has 2 rings (SSSR count). The van der Waals surface area contributed by atoms with E-state index >= 15 is 0 Å². The fourth-order valence-corrected chi connectivity index (χ4v) is 2.78. The molecule has 2 N–H and O–H groups in total. The molecule has 1 aromatic rings. The maximum atomic E-state index is 6.03. The van der Waals surface area contributed by atoms with E-state index in [-0.39, 0.29) is 12.1 Å². The van der Waals surface area contributed by atoms with E-state index in [0.717, 1.165) is 25.1 Å². The van der Waals surface area contributed by atoms with Crippen LogP contribution in [0.5, 0.6) is 5.88 Å². The lowest BCUT2D eigenvalue weighted by atomic mass is 10.0. The van der Waals surface area contributed by atoms with Gasteiger partial charge < -0.3 is 15.2 Å². The number of rotatable bonds is 5. The van der Waals surface area contributed by atoms with Crippen LogP contribution in [0.4, 0.5) is 0 Å². The van der Waals surface area contributed by atoms with Gasteiger partial charge >= 0.3 is 0 Å². The minimum absolute atomic E-state index is 0.185.